The van der Waals surface area contributed by atoms with Crippen LogP contribution < -0.4 is 14.9 Å². The molecule has 0 fully saturated rings. The lowest BCUT2D eigenvalue weighted by Gasteiger charge is -2.27. The third-order valence-electron chi connectivity index (χ3n) is 3.84. The van der Waals surface area contributed by atoms with E-state index < -0.39 is 0 Å². The van der Waals surface area contributed by atoms with Crippen molar-refractivity contribution in [1.82, 2.24) is 5.32 Å². The fraction of sp³-hybridized carbons (Fsp3) is 0.333. The molecule has 2 unspecified atom stereocenters. The molecule has 0 spiro atoms. The maximum Gasteiger partial charge on any atom is 0.174 e. The molecule has 0 aliphatic carbocycles. The Balaban J connectivity index is 1.86. The maximum atomic E-state index is 6.23. The van der Waals surface area contributed by atoms with Crippen molar-refractivity contribution in [2.24, 2.45) is 0 Å². The SMILES string of the molecule is CNCC(OC)C(Oc1ccc2c(c1)OOC2)c1ccccc1. The molecule has 2 aromatic carbocycles. The van der Waals surface area contributed by atoms with Crippen molar-refractivity contribution in [1.29, 1.82) is 0 Å². The highest BCUT2D eigenvalue weighted by Gasteiger charge is 2.25. The second-order valence-corrected chi connectivity index (χ2v) is 5.40. The van der Waals surface area contributed by atoms with Crippen molar-refractivity contribution in [2.75, 3.05) is 20.7 Å². The lowest BCUT2D eigenvalue weighted by molar-refractivity contribution is -0.194. The van der Waals surface area contributed by atoms with Gasteiger partial charge in [0, 0.05) is 25.3 Å². The average molecular weight is 315 g/mol. The van der Waals surface area contributed by atoms with E-state index in [0.717, 1.165) is 16.9 Å². The van der Waals surface area contributed by atoms with Gasteiger partial charge in [0.2, 0.25) is 0 Å². The normalized spacial score (nSPS) is 15.6. The molecular formula is C18H21NO4. The fourth-order valence-electron chi connectivity index (χ4n) is 2.62. The Kier molecular flexibility index (Phi) is 5.12. The topological polar surface area (TPSA) is 49.0 Å². The fourth-order valence-corrected chi connectivity index (χ4v) is 2.62. The van der Waals surface area contributed by atoms with Crippen LogP contribution in [-0.2, 0) is 16.2 Å². The van der Waals surface area contributed by atoms with Crippen LogP contribution in [-0.4, -0.2) is 26.8 Å². The van der Waals surface area contributed by atoms with Gasteiger partial charge in [-0.3, -0.25) is 0 Å². The molecule has 0 bridgehead atoms. The number of fused-ring (bicyclic) bond motifs is 1. The van der Waals surface area contributed by atoms with Crippen molar-refractivity contribution >= 4 is 0 Å². The largest absolute Gasteiger partial charge is 0.483 e. The summed E-state index contributed by atoms with van der Waals surface area (Å²) in [7, 11) is 3.59. The van der Waals surface area contributed by atoms with Gasteiger partial charge >= 0.3 is 0 Å². The first-order valence-electron chi connectivity index (χ1n) is 7.63. The minimum absolute atomic E-state index is 0.118. The van der Waals surface area contributed by atoms with Crippen molar-refractivity contribution in [3.8, 4) is 11.5 Å². The minimum atomic E-state index is -0.228. The summed E-state index contributed by atoms with van der Waals surface area (Å²) in [5, 5.41) is 3.15. The number of hydrogen-bond donors (Lipinski definition) is 1. The predicted molar refractivity (Wildman–Crippen MR) is 86.4 cm³/mol. The zero-order chi connectivity index (χ0) is 16.1. The van der Waals surface area contributed by atoms with Gasteiger partial charge in [0.1, 0.15) is 18.5 Å². The molecule has 0 radical (unpaired) electrons. The summed E-state index contributed by atoms with van der Waals surface area (Å²) in [5.41, 5.74) is 2.08. The number of nitrogens with one attached hydrogen (secondary N) is 1. The van der Waals surface area contributed by atoms with Gasteiger partial charge in [0.25, 0.3) is 0 Å². The summed E-state index contributed by atoms with van der Waals surface area (Å²) in [6, 6.07) is 15.8. The zero-order valence-electron chi connectivity index (χ0n) is 13.3. The highest BCUT2D eigenvalue weighted by molar-refractivity contribution is 5.41. The molecule has 0 saturated heterocycles. The van der Waals surface area contributed by atoms with Gasteiger partial charge in [-0.05, 0) is 24.7 Å². The Labute approximate surface area is 136 Å². The number of likely N-dealkylation sites (N-methyl/N-ethyl adjacent to an activating group) is 1. The first-order chi connectivity index (χ1) is 11.3. The van der Waals surface area contributed by atoms with Crippen LogP contribution in [0.4, 0.5) is 0 Å². The van der Waals surface area contributed by atoms with Crippen molar-refractivity contribution < 1.29 is 19.2 Å². The van der Waals surface area contributed by atoms with Gasteiger partial charge in [0.05, 0.1) is 0 Å². The van der Waals surface area contributed by atoms with Gasteiger partial charge in [-0.25, -0.2) is 0 Å². The summed E-state index contributed by atoms with van der Waals surface area (Å²) >= 11 is 0. The Hall–Kier alpha value is -2.08. The highest BCUT2D eigenvalue weighted by atomic mass is 17.2. The maximum absolute atomic E-state index is 6.23. The van der Waals surface area contributed by atoms with Gasteiger partial charge in [-0.2, -0.15) is 4.89 Å². The second kappa shape index (κ2) is 7.46. The number of hydrogen-bond acceptors (Lipinski definition) is 5. The number of ether oxygens (including phenoxy) is 2. The number of benzene rings is 2. The van der Waals surface area contributed by atoms with E-state index >= 15 is 0 Å². The predicted octanol–water partition coefficient (Wildman–Crippen LogP) is 2.87. The molecule has 122 valence electrons. The summed E-state index contributed by atoms with van der Waals surface area (Å²) in [5.74, 6) is 1.43. The molecule has 23 heavy (non-hydrogen) atoms. The first-order valence-corrected chi connectivity index (χ1v) is 7.63. The minimum Gasteiger partial charge on any atom is -0.483 e. The zero-order valence-corrected chi connectivity index (χ0v) is 13.3. The van der Waals surface area contributed by atoms with E-state index in [4.69, 9.17) is 19.2 Å². The van der Waals surface area contributed by atoms with Gasteiger partial charge in [0.15, 0.2) is 11.9 Å². The van der Waals surface area contributed by atoms with Gasteiger partial charge in [-0.15, -0.1) is 0 Å². The molecule has 1 aliphatic rings. The van der Waals surface area contributed by atoms with Crippen LogP contribution in [0.2, 0.25) is 0 Å². The molecule has 0 aromatic heterocycles. The first kappa shape index (κ1) is 15.8. The van der Waals surface area contributed by atoms with Crippen LogP contribution in [0, 0.1) is 0 Å². The van der Waals surface area contributed by atoms with E-state index in [1.54, 1.807) is 7.11 Å². The Morgan fingerprint density at radius 2 is 2.00 bits per heavy atom. The molecule has 3 rings (SSSR count). The summed E-state index contributed by atoms with van der Waals surface area (Å²) in [6.45, 7) is 1.15. The van der Waals surface area contributed by atoms with Crippen LogP contribution in [0.25, 0.3) is 0 Å². The summed E-state index contributed by atoms with van der Waals surface area (Å²) < 4.78 is 11.9. The van der Waals surface area contributed by atoms with Crippen LogP contribution in [0.1, 0.15) is 17.2 Å². The smallest absolute Gasteiger partial charge is 0.174 e. The van der Waals surface area contributed by atoms with Crippen LogP contribution >= 0.6 is 0 Å². The van der Waals surface area contributed by atoms with E-state index in [9.17, 15) is 0 Å². The molecule has 1 aliphatic heterocycles. The lowest BCUT2D eigenvalue weighted by Crippen LogP contribution is -2.34. The van der Waals surface area contributed by atoms with Gasteiger partial charge < -0.3 is 19.7 Å². The molecule has 0 saturated carbocycles. The summed E-state index contributed by atoms with van der Waals surface area (Å²) in [6.07, 6.45) is -0.346. The molecule has 1 N–H and O–H groups in total. The Morgan fingerprint density at radius 1 is 1.17 bits per heavy atom. The van der Waals surface area contributed by atoms with Crippen molar-refractivity contribution in [3.05, 3.63) is 59.7 Å². The van der Waals surface area contributed by atoms with Crippen LogP contribution in [0.15, 0.2) is 48.5 Å². The molecule has 5 nitrogen and oxygen atoms in total. The molecule has 2 atom stereocenters. The van der Waals surface area contributed by atoms with Crippen LogP contribution in [0.3, 0.4) is 0 Å². The van der Waals surface area contributed by atoms with Gasteiger partial charge in [-0.1, -0.05) is 30.3 Å². The second-order valence-electron chi connectivity index (χ2n) is 5.40. The highest BCUT2D eigenvalue weighted by Crippen LogP contribution is 2.33. The standard InChI is InChI=1S/C18H21NO4/c1-19-11-17(20-2)18(13-6-4-3-5-7-13)22-15-9-8-14-12-21-23-16(14)10-15/h3-10,17-19H,11-12H2,1-2H3. The third-order valence-corrected chi connectivity index (χ3v) is 3.84. The third kappa shape index (κ3) is 3.64. The quantitative estimate of drug-likeness (QED) is 0.796. The van der Waals surface area contributed by atoms with Crippen molar-refractivity contribution in [2.45, 2.75) is 18.8 Å². The van der Waals surface area contributed by atoms with Crippen molar-refractivity contribution in [3.63, 3.8) is 0 Å². The van der Waals surface area contributed by atoms with E-state index in [1.807, 2.05) is 55.6 Å². The molecule has 0 amide bonds. The average Bonchev–Trinajstić information content (AvgIpc) is 3.06. The molecule has 5 heteroatoms. The number of methoxy groups -OCH3 is 1. The monoisotopic (exact) mass is 315 g/mol. The van der Waals surface area contributed by atoms with E-state index in [1.165, 1.54) is 0 Å². The van der Waals surface area contributed by atoms with Crippen LogP contribution in [0.5, 0.6) is 11.5 Å². The van der Waals surface area contributed by atoms with E-state index in [0.29, 0.717) is 18.9 Å². The molecular weight excluding hydrogens is 294 g/mol. The molecule has 2 aromatic rings. The van der Waals surface area contributed by atoms with E-state index in [-0.39, 0.29) is 12.2 Å². The Morgan fingerprint density at radius 3 is 2.74 bits per heavy atom. The number of rotatable bonds is 7. The summed E-state index contributed by atoms with van der Waals surface area (Å²) in [4.78, 5) is 10.1. The lowest BCUT2D eigenvalue weighted by atomic mass is 10.0. The van der Waals surface area contributed by atoms with E-state index in [2.05, 4.69) is 5.32 Å². The Bertz CT molecular complexity index is 632. The molecule has 1 heterocycles.